The zero-order valence-corrected chi connectivity index (χ0v) is 4.05. The number of hydrogen-bond acceptors (Lipinski definition) is 0. The minimum atomic E-state index is 0. The molecule has 0 spiro atoms. The van der Waals surface area contributed by atoms with E-state index in [4.69, 9.17) is 0 Å². The third kappa shape index (κ3) is 14.6. The van der Waals surface area contributed by atoms with Crippen LogP contribution in [-0.4, -0.2) is 0 Å². The van der Waals surface area contributed by atoms with Gasteiger partial charge < -0.3 is 13.6 Å². The fraction of sp³-hybridized carbons (Fsp3) is 0. The van der Waals surface area contributed by atoms with E-state index < -0.39 is 0 Å². The van der Waals surface area contributed by atoms with Gasteiger partial charge in [-0.1, -0.05) is 0 Å². The van der Waals surface area contributed by atoms with Gasteiger partial charge in [0.05, 0.1) is 0 Å². The van der Waals surface area contributed by atoms with Gasteiger partial charge in [0.2, 0.25) is 0 Å². The Labute approximate surface area is 43.6 Å². The van der Waals surface area contributed by atoms with Crippen molar-refractivity contribution in [3.63, 3.8) is 0 Å². The molecule has 0 aliphatic heterocycles. The molecule has 0 aliphatic carbocycles. The van der Waals surface area contributed by atoms with E-state index >= 15 is 0 Å². The van der Waals surface area contributed by atoms with Gasteiger partial charge in [-0.05, 0) is 0 Å². The van der Waals surface area contributed by atoms with Crippen molar-refractivity contribution < 1.29 is 17.1 Å². The van der Waals surface area contributed by atoms with Crippen LogP contribution < -0.4 is 0 Å². The molecule has 0 saturated heterocycles. The van der Waals surface area contributed by atoms with E-state index in [9.17, 15) is 0 Å². The first kappa shape index (κ1) is 114. The van der Waals surface area contributed by atoms with Crippen LogP contribution in [0.25, 0.3) is 6.15 Å². The first-order valence-corrected chi connectivity index (χ1v) is 0. The monoisotopic (exact) mass is 130 g/mol. The second-order valence-corrected chi connectivity index (χ2v) is 0. The Hall–Kier alpha value is 0.769. The summed E-state index contributed by atoms with van der Waals surface area (Å²) in [4.78, 5) is 0. The first-order chi connectivity index (χ1) is 0. The standard InChI is InChI=1S/CH3.ClH.Cu.H2N/h1H3;1H;;1H2/q-1;;+2;-1. The molecule has 0 unspecified atom stereocenters. The maximum Gasteiger partial charge on any atom is 2.00 e. The SMILES string of the molecule is Cl.[CH3-].[Cu+2].[NH2-]. The van der Waals surface area contributed by atoms with Gasteiger partial charge in [-0.25, -0.2) is 0 Å². The van der Waals surface area contributed by atoms with Crippen molar-refractivity contribution in [3.05, 3.63) is 13.6 Å². The van der Waals surface area contributed by atoms with Crippen LogP contribution in [0.4, 0.5) is 0 Å². The third-order valence-electron chi connectivity index (χ3n) is 0. The van der Waals surface area contributed by atoms with Crippen LogP contribution >= 0.6 is 12.4 Å². The van der Waals surface area contributed by atoms with Crippen molar-refractivity contribution in [3.8, 4) is 0 Å². The Balaban J connectivity index is 0. The van der Waals surface area contributed by atoms with E-state index in [1.807, 2.05) is 0 Å². The summed E-state index contributed by atoms with van der Waals surface area (Å²) in [6, 6.07) is 0. The van der Waals surface area contributed by atoms with Gasteiger partial charge in [-0.15, -0.1) is 12.4 Å². The van der Waals surface area contributed by atoms with Gasteiger partial charge >= 0.3 is 17.1 Å². The average Bonchev–Trinajstić information content (AvgIpc) is 0. The summed E-state index contributed by atoms with van der Waals surface area (Å²) in [5.41, 5.74) is 0. The Morgan fingerprint density at radius 1 is 1.00 bits per heavy atom. The second-order valence-electron chi connectivity index (χ2n) is 0. The molecule has 0 bridgehead atoms. The van der Waals surface area contributed by atoms with Crippen LogP contribution in [0.1, 0.15) is 0 Å². The van der Waals surface area contributed by atoms with E-state index in [2.05, 4.69) is 0 Å². The first-order valence-electron chi connectivity index (χ1n) is 0. The molecule has 0 rings (SSSR count). The zero-order valence-electron chi connectivity index (χ0n) is 2.29. The second kappa shape index (κ2) is 48.8. The summed E-state index contributed by atoms with van der Waals surface area (Å²) < 4.78 is 0. The zero-order chi connectivity index (χ0) is 0. The van der Waals surface area contributed by atoms with Crippen molar-refractivity contribution in [1.82, 2.24) is 0 Å². The predicted octanol–water partition coefficient (Wildman–Crippen LogP) is 1.59. The summed E-state index contributed by atoms with van der Waals surface area (Å²) in [5, 5.41) is 0. The van der Waals surface area contributed by atoms with E-state index in [0.717, 1.165) is 0 Å². The summed E-state index contributed by atoms with van der Waals surface area (Å²) >= 11 is 0. The van der Waals surface area contributed by atoms with Crippen LogP contribution in [0.2, 0.25) is 0 Å². The molecule has 0 aromatic rings. The van der Waals surface area contributed by atoms with Gasteiger partial charge in [0.25, 0.3) is 0 Å². The van der Waals surface area contributed by atoms with Gasteiger partial charge in [0.1, 0.15) is 0 Å². The van der Waals surface area contributed by atoms with Crippen LogP contribution in [0.15, 0.2) is 0 Å². The van der Waals surface area contributed by atoms with Crippen molar-refractivity contribution in [2.24, 2.45) is 0 Å². The number of hydrogen-bond donors (Lipinski definition) is 0. The molecule has 3 heteroatoms. The van der Waals surface area contributed by atoms with Gasteiger partial charge in [-0.3, -0.25) is 0 Å². The number of halogens is 1. The largest absolute Gasteiger partial charge is 2.00 e. The van der Waals surface area contributed by atoms with Gasteiger partial charge in [0, 0.05) is 0 Å². The van der Waals surface area contributed by atoms with E-state index in [1.165, 1.54) is 0 Å². The molecular weight excluding hydrogens is 125 g/mol. The number of rotatable bonds is 0. The molecule has 0 fully saturated rings. The van der Waals surface area contributed by atoms with E-state index in [1.54, 1.807) is 0 Å². The maximum absolute atomic E-state index is 0. The summed E-state index contributed by atoms with van der Waals surface area (Å²) in [6.07, 6.45) is 0. The van der Waals surface area contributed by atoms with Gasteiger partial charge in [-0.2, -0.15) is 0 Å². The fourth-order valence-corrected chi connectivity index (χ4v) is 0. The Morgan fingerprint density at radius 3 is 1.00 bits per heavy atom. The van der Waals surface area contributed by atoms with E-state index in [-0.39, 0.29) is 43.1 Å². The smallest absolute Gasteiger partial charge is 0.693 e. The van der Waals surface area contributed by atoms with Crippen LogP contribution in [-0.2, 0) is 17.1 Å². The summed E-state index contributed by atoms with van der Waals surface area (Å²) in [7, 11) is 0. The number of nitrogens with two attached hydrogens (primary N) is 1. The Kier molecular flexibility index (Phi) is 1400. The molecule has 33 valence electrons. The normalized spacial score (nSPS) is 0. The van der Waals surface area contributed by atoms with E-state index in [0.29, 0.717) is 0 Å². The minimum absolute atomic E-state index is 0. The molecule has 0 aliphatic rings. The molecule has 0 aromatic carbocycles. The third-order valence-corrected chi connectivity index (χ3v) is 0. The Morgan fingerprint density at radius 2 is 1.00 bits per heavy atom. The van der Waals surface area contributed by atoms with Crippen LogP contribution in [0.3, 0.4) is 0 Å². The summed E-state index contributed by atoms with van der Waals surface area (Å²) in [6.45, 7) is 0. The Bertz CT molecular complexity index is 8.00. The maximum atomic E-state index is 0. The van der Waals surface area contributed by atoms with Gasteiger partial charge in [0.15, 0.2) is 0 Å². The van der Waals surface area contributed by atoms with Crippen molar-refractivity contribution >= 4 is 12.4 Å². The minimum Gasteiger partial charge on any atom is -0.693 e. The summed E-state index contributed by atoms with van der Waals surface area (Å²) in [5.74, 6) is 0. The molecule has 0 atom stereocenters. The predicted molar refractivity (Wildman–Crippen MR) is 18.9 cm³/mol. The van der Waals surface area contributed by atoms with Crippen LogP contribution in [0, 0.1) is 7.43 Å². The molecule has 1 nitrogen and oxygen atoms in total. The molecule has 2 N–H and O–H groups in total. The molecule has 1 radical (unpaired) electrons. The molecule has 0 heterocycles. The molecular formula is CH6ClCuN. The topological polar surface area (TPSA) is 33.5 Å². The van der Waals surface area contributed by atoms with Crippen molar-refractivity contribution in [2.45, 2.75) is 0 Å². The van der Waals surface area contributed by atoms with Crippen molar-refractivity contribution in [1.29, 1.82) is 0 Å². The quantitative estimate of drug-likeness (QED) is 0.353. The molecule has 0 amide bonds. The van der Waals surface area contributed by atoms with Crippen LogP contribution in [0.5, 0.6) is 0 Å². The molecule has 4 heavy (non-hydrogen) atoms. The van der Waals surface area contributed by atoms with Crippen molar-refractivity contribution in [2.75, 3.05) is 0 Å². The molecule has 0 aromatic heterocycles. The molecule has 0 saturated carbocycles. The average molecular weight is 131 g/mol. The fourth-order valence-electron chi connectivity index (χ4n) is 0.